The van der Waals surface area contributed by atoms with Crippen LogP contribution in [0.5, 0.6) is 0 Å². The highest BCUT2D eigenvalue weighted by atomic mass is 32.1. The van der Waals surface area contributed by atoms with Crippen LogP contribution in [0, 0.1) is 0 Å². The molecule has 39 heavy (non-hydrogen) atoms. The van der Waals surface area contributed by atoms with Crippen molar-refractivity contribution in [1.82, 2.24) is 4.98 Å². The van der Waals surface area contributed by atoms with Gasteiger partial charge in [-0.15, -0.1) is 44.5 Å². The summed E-state index contributed by atoms with van der Waals surface area (Å²) in [6.45, 7) is 0. The summed E-state index contributed by atoms with van der Waals surface area (Å²) in [6.07, 6.45) is 0. The first kappa shape index (κ1) is 25.8. The fraction of sp³-hybridized carbons (Fsp3) is 0. The number of benzene rings is 4. The van der Waals surface area contributed by atoms with Gasteiger partial charge < -0.3 is 4.98 Å². The van der Waals surface area contributed by atoms with E-state index in [0.717, 1.165) is 0 Å². The summed E-state index contributed by atoms with van der Waals surface area (Å²) >= 11 is 2.66. The summed E-state index contributed by atoms with van der Waals surface area (Å²) in [4.78, 5) is 3.52. The first-order chi connectivity index (χ1) is 18.4. The van der Waals surface area contributed by atoms with Crippen molar-refractivity contribution in [2.24, 2.45) is 0 Å². The van der Waals surface area contributed by atoms with Crippen LogP contribution in [0.1, 0.15) is 0 Å². The molecule has 0 aliphatic heterocycles. The Balaban J connectivity index is 1.85. The molecule has 0 bridgehead atoms. The van der Waals surface area contributed by atoms with Gasteiger partial charge in [-0.2, -0.15) is 0 Å². The van der Waals surface area contributed by atoms with Gasteiger partial charge in [0.25, 0.3) is 0 Å². The maximum absolute atomic E-state index is 6.68. The Kier molecular flexibility index (Phi) is 5.45. The van der Waals surface area contributed by atoms with Crippen molar-refractivity contribution in [1.29, 1.82) is 0 Å². The van der Waals surface area contributed by atoms with Gasteiger partial charge in [-0.05, 0) is 21.5 Å². The Morgan fingerprint density at radius 3 is 0.897 bits per heavy atom. The van der Waals surface area contributed by atoms with E-state index in [1.54, 1.807) is 0 Å². The minimum Gasteiger partial charge on any atom is -0.353 e. The molecule has 7 rings (SSSR count). The topological polar surface area (TPSA) is 15.8 Å². The molecule has 0 atom stereocenters. The summed E-state index contributed by atoms with van der Waals surface area (Å²) < 4.78 is 2.63. The smallest absolute Gasteiger partial charge is 0.115 e. The van der Waals surface area contributed by atoms with E-state index in [0.29, 0.717) is 94.9 Å². The quantitative estimate of drug-likeness (QED) is 0.201. The largest absolute Gasteiger partial charge is 0.353 e. The fourth-order valence-corrected chi connectivity index (χ4v) is 8.16. The highest BCUT2D eigenvalue weighted by Gasteiger charge is 2.25. The standard InChI is InChI=1S/C24HB12NS2/c25-7-1-2-8(26)16(34)24-6(4-10(28)12(30)14(32)18(36)22(4)39-24)20(2)37-19(1)5-3-9(27)11(29)13(31)17(35)21(3)38-23(5)15(7)33/h37H. The Labute approximate surface area is 248 Å². The minimum atomic E-state index is 0.186. The zero-order valence-corrected chi connectivity index (χ0v) is 21.9. The first-order valence-electron chi connectivity index (χ1n) is 11.5. The molecule has 0 spiro atoms. The number of H-pyrrole nitrogens is 1. The number of aromatic amines is 1. The second-order valence-corrected chi connectivity index (χ2v) is 11.7. The van der Waals surface area contributed by atoms with Crippen molar-refractivity contribution in [3.8, 4) is 0 Å². The normalized spacial score (nSPS) is 12.3. The van der Waals surface area contributed by atoms with Gasteiger partial charge >= 0.3 is 0 Å². The predicted octanol–water partition coefficient (Wildman–Crippen LogP) is -6.42. The number of hydrogen-bond acceptors (Lipinski definition) is 2. The van der Waals surface area contributed by atoms with E-state index in [9.17, 15) is 0 Å². The molecule has 3 aromatic heterocycles. The van der Waals surface area contributed by atoms with Crippen molar-refractivity contribution in [2.75, 3.05) is 0 Å². The van der Waals surface area contributed by atoms with E-state index in [1.807, 2.05) is 0 Å². The summed E-state index contributed by atoms with van der Waals surface area (Å²) in [5, 5.41) is 3.74. The van der Waals surface area contributed by atoms with E-state index in [1.165, 1.54) is 22.7 Å². The molecule has 0 aliphatic rings. The van der Waals surface area contributed by atoms with Gasteiger partial charge in [0.05, 0.1) is 11.0 Å². The maximum atomic E-state index is 6.68. The zero-order valence-electron chi connectivity index (χ0n) is 20.2. The van der Waals surface area contributed by atoms with Gasteiger partial charge in [0.15, 0.2) is 0 Å². The molecule has 15 heteroatoms. The van der Waals surface area contributed by atoms with Crippen molar-refractivity contribution < 1.29 is 0 Å². The van der Waals surface area contributed by atoms with Crippen LogP contribution in [-0.2, 0) is 0 Å². The second-order valence-electron chi connectivity index (χ2n) is 9.61. The molecule has 0 saturated heterocycles. The molecule has 0 unspecified atom stereocenters. The van der Waals surface area contributed by atoms with Crippen molar-refractivity contribution >= 4 is 245 Å². The first-order valence-corrected chi connectivity index (χ1v) is 13.2. The molecule has 0 amide bonds. The zero-order chi connectivity index (χ0) is 28.0. The number of fused-ring (bicyclic) bond motifs is 11. The molecule has 0 saturated carbocycles. The molecular weight excluding hydrogens is 496 g/mol. The molecule has 24 radical (unpaired) electrons. The second kappa shape index (κ2) is 8.23. The van der Waals surface area contributed by atoms with Crippen molar-refractivity contribution in [3.63, 3.8) is 0 Å². The Hall–Kier alpha value is -2.10. The third-order valence-electron chi connectivity index (χ3n) is 7.69. The van der Waals surface area contributed by atoms with Gasteiger partial charge in [-0.25, -0.2) is 0 Å². The number of aromatic nitrogens is 1. The van der Waals surface area contributed by atoms with Crippen LogP contribution in [-0.4, -0.2) is 99.1 Å². The van der Waals surface area contributed by atoms with Crippen LogP contribution in [0.4, 0.5) is 0 Å². The molecule has 0 fully saturated rings. The minimum absolute atomic E-state index is 0.186. The summed E-state index contributed by atoms with van der Waals surface area (Å²) in [7, 11) is 77.1. The highest BCUT2D eigenvalue weighted by Crippen LogP contribution is 2.40. The van der Waals surface area contributed by atoms with Crippen LogP contribution < -0.4 is 65.6 Å². The molecule has 0 aliphatic carbocycles. The Morgan fingerprint density at radius 2 is 0.538 bits per heavy atom. The van der Waals surface area contributed by atoms with Gasteiger partial charge in [-0.1, -0.05) is 43.7 Å². The van der Waals surface area contributed by atoms with E-state index in [2.05, 4.69) is 4.98 Å². The molecule has 4 aromatic carbocycles. The van der Waals surface area contributed by atoms with Crippen LogP contribution in [0.3, 0.4) is 0 Å². The third-order valence-corrected chi connectivity index (χ3v) is 10.2. The Bertz CT molecular complexity index is 2150. The number of rotatable bonds is 0. The lowest BCUT2D eigenvalue weighted by Crippen LogP contribution is -2.47. The van der Waals surface area contributed by atoms with Gasteiger partial charge in [0.1, 0.15) is 94.2 Å². The maximum Gasteiger partial charge on any atom is 0.115 e. The van der Waals surface area contributed by atoms with Crippen molar-refractivity contribution in [3.05, 3.63) is 0 Å². The summed E-state index contributed by atoms with van der Waals surface area (Å²) in [5.74, 6) is 0. The Morgan fingerprint density at radius 1 is 0.282 bits per heavy atom. The molecule has 7 aromatic rings. The molecule has 3 heterocycles. The lowest BCUT2D eigenvalue weighted by molar-refractivity contribution is 1.60. The van der Waals surface area contributed by atoms with E-state index in [-0.39, 0.29) is 32.8 Å². The highest BCUT2D eigenvalue weighted by molar-refractivity contribution is 7.29. The van der Waals surface area contributed by atoms with Gasteiger partial charge in [-0.3, -0.25) is 0 Å². The van der Waals surface area contributed by atoms with Gasteiger partial charge in [0, 0.05) is 29.6 Å². The van der Waals surface area contributed by atoms with Crippen LogP contribution in [0.15, 0.2) is 0 Å². The van der Waals surface area contributed by atoms with Crippen molar-refractivity contribution in [2.45, 2.75) is 0 Å². The average Bonchev–Trinajstić information content (AvgIpc) is 3.62. The molecule has 1 nitrogen and oxygen atoms in total. The van der Waals surface area contributed by atoms with E-state index in [4.69, 9.17) is 94.2 Å². The summed E-state index contributed by atoms with van der Waals surface area (Å²) in [5.41, 5.74) is 4.53. The third kappa shape index (κ3) is 2.97. The summed E-state index contributed by atoms with van der Waals surface area (Å²) in [6, 6.07) is 0. The number of nitrogens with one attached hydrogen (secondary N) is 1. The van der Waals surface area contributed by atoms with E-state index >= 15 is 0 Å². The lowest BCUT2D eigenvalue weighted by atomic mass is 9.65. The van der Waals surface area contributed by atoms with Gasteiger partial charge in [0.2, 0.25) is 0 Å². The van der Waals surface area contributed by atoms with Crippen LogP contribution >= 0.6 is 22.7 Å². The van der Waals surface area contributed by atoms with Crippen LogP contribution in [0.25, 0.3) is 62.2 Å². The number of thiophene rings is 2. The molecule has 150 valence electrons. The molecular formula is C24HB12NS2. The van der Waals surface area contributed by atoms with E-state index < -0.39 is 0 Å². The lowest BCUT2D eigenvalue weighted by Gasteiger charge is -2.14. The molecule has 1 N–H and O–H groups in total. The number of hydrogen-bond donors (Lipinski definition) is 1. The predicted molar refractivity (Wildman–Crippen MR) is 186 cm³/mol. The van der Waals surface area contributed by atoms with Crippen LogP contribution in [0.2, 0.25) is 0 Å². The fourth-order valence-electron chi connectivity index (χ4n) is 5.63. The average molecular weight is 497 g/mol. The monoisotopic (exact) mass is 499 g/mol. The SMILES string of the molecule is [B]c1c([B])c([B])c2c(sc3c([B])c([B])c4c([nH]c5c4c([B])c([B])c4sc6c([B])c([B])c([B])c([B])c6c45)c32)c1[B].